The molecule has 3 aromatic rings. The number of carbonyl (C=O) groups is 2. The average molecular weight is 485 g/mol. The summed E-state index contributed by atoms with van der Waals surface area (Å²) in [6.45, 7) is 2.56. The zero-order valence-electron chi connectivity index (χ0n) is 20.7. The van der Waals surface area contributed by atoms with Gasteiger partial charge in [0, 0.05) is 50.3 Å². The van der Waals surface area contributed by atoms with Crippen molar-refractivity contribution in [2.45, 2.75) is 44.9 Å². The molecule has 0 unspecified atom stereocenters. The van der Waals surface area contributed by atoms with E-state index in [0.717, 1.165) is 91.7 Å². The average Bonchev–Trinajstić information content (AvgIpc) is 3.65. The molecule has 8 heteroatoms. The van der Waals surface area contributed by atoms with Gasteiger partial charge in [-0.2, -0.15) is 0 Å². The van der Waals surface area contributed by atoms with Gasteiger partial charge in [0.1, 0.15) is 17.8 Å². The molecule has 2 fully saturated rings. The molecule has 0 bridgehead atoms. The Morgan fingerprint density at radius 1 is 1.03 bits per heavy atom. The highest BCUT2D eigenvalue weighted by molar-refractivity contribution is 6.04. The number of rotatable bonds is 4. The van der Waals surface area contributed by atoms with Crippen LogP contribution in [0.15, 0.2) is 36.7 Å². The predicted molar refractivity (Wildman–Crippen MR) is 141 cm³/mol. The van der Waals surface area contributed by atoms with Crippen LogP contribution in [0.2, 0.25) is 0 Å². The van der Waals surface area contributed by atoms with Crippen LogP contribution in [0.4, 0.5) is 11.5 Å². The van der Waals surface area contributed by atoms with Crippen molar-refractivity contribution < 1.29 is 9.59 Å². The summed E-state index contributed by atoms with van der Waals surface area (Å²) in [4.78, 5) is 38.0. The first-order chi connectivity index (χ1) is 17.5. The van der Waals surface area contributed by atoms with Crippen molar-refractivity contribution >= 4 is 39.9 Å². The van der Waals surface area contributed by atoms with Crippen LogP contribution in [0.1, 0.15) is 50.5 Å². The molecule has 2 N–H and O–H groups in total. The summed E-state index contributed by atoms with van der Waals surface area (Å²) < 4.78 is 2.08. The highest BCUT2D eigenvalue weighted by atomic mass is 16.2. The van der Waals surface area contributed by atoms with Gasteiger partial charge in [-0.1, -0.05) is 18.2 Å². The van der Waals surface area contributed by atoms with Crippen molar-refractivity contribution in [1.29, 1.82) is 0 Å². The Labute approximate surface area is 210 Å². The number of hydrogen-bond acceptors (Lipinski definition) is 5. The summed E-state index contributed by atoms with van der Waals surface area (Å²) in [7, 11) is 2.01. The Morgan fingerprint density at radius 2 is 1.81 bits per heavy atom. The summed E-state index contributed by atoms with van der Waals surface area (Å²) in [5.41, 5.74) is 12.5. The second-order valence-electron chi connectivity index (χ2n) is 10.2. The minimum atomic E-state index is 0.0520. The number of allylic oxidation sites excluding steroid dienone is 2. The van der Waals surface area contributed by atoms with Crippen molar-refractivity contribution in [1.82, 2.24) is 19.4 Å². The molecule has 1 aromatic carbocycles. The minimum Gasteiger partial charge on any atom is -0.383 e. The lowest BCUT2D eigenvalue weighted by atomic mass is 9.84. The predicted octanol–water partition coefficient (Wildman–Crippen LogP) is 4.15. The fourth-order valence-electron chi connectivity index (χ4n) is 6.13. The van der Waals surface area contributed by atoms with Gasteiger partial charge in [-0.3, -0.25) is 9.59 Å². The van der Waals surface area contributed by atoms with Gasteiger partial charge in [-0.25, -0.2) is 9.97 Å². The molecule has 2 amide bonds. The van der Waals surface area contributed by atoms with E-state index < -0.39 is 0 Å². The molecule has 6 rings (SSSR count). The molecule has 1 atom stereocenters. The van der Waals surface area contributed by atoms with Gasteiger partial charge in [0.25, 0.3) is 0 Å². The van der Waals surface area contributed by atoms with Crippen molar-refractivity contribution in [3.8, 4) is 11.3 Å². The summed E-state index contributed by atoms with van der Waals surface area (Å²) in [5.74, 6) is 1.00. The zero-order valence-corrected chi connectivity index (χ0v) is 20.7. The Bertz CT molecular complexity index is 1370. The highest BCUT2D eigenvalue weighted by Crippen LogP contribution is 2.43. The lowest BCUT2D eigenvalue weighted by Crippen LogP contribution is -2.34. The topological polar surface area (TPSA) is 97.4 Å². The molecule has 36 heavy (non-hydrogen) atoms. The van der Waals surface area contributed by atoms with Crippen LogP contribution in [-0.2, 0) is 16.6 Å². The number of aryl methyl sites for hydroxylation is 1. The number of aromatic nitrogens is 3. The van der Waals surface area contributed by atoms with Gasteiger partial charge in [-0.05, 0) is 61.8 Å². The third-order valence-electron chi connectivity index (χ3n) is 8.02. The quantitative estimate of drug-likeness (QED) is 0.600. The third kappa shape index (κ3) is 3.75. The number of nitrogens with zero attached hydrogens (tertiary/aromatic N) is 5. The van der Waals surface area contributed by atoms with Crippen molar-refractivity contribution in [2.24, 2.45) is 13.0 Å². The summed E-state index contributed by atoms with van der Waals surface area (Å²) in [6.07, 6.45) is 9.86. The van der Waals surface area contributed by atoms with Crippen LogP contribution in [-0.4, -0.2) is 50.9 Å². The van der Waals surface area contributed by atoms with E-state index in [1.165, 1.54) is 11.9 Å². The molecule has 0 saturated carbocycles. The Morgan fingerprint density at radius 3 is 2.47 bits per heavy atom. The first-order valence-electron chi connectivity index (χ1n) is 13.0. The lowest BCUT2D eigenvalue weighted by molar-refractivity contribution is -0.134. The van der Waals surface area contributed by atoms with Crippen LogP contribution in [0, 0.1) is 5.92 Å². The van der Waals surface area contributed by atoms with E-state index in [2.05, 4.69) is 32.7 Å². The maximum absolute atomic E-state index is 13.0. The fourth-order valence-corrected chi connectivity index (χ4v) is 6.13. The molecule has 0 radical (unpaired) electrons. The second kappa shape index (κ2) is 9.08. The first kappa shape index (κ1) is 22.8. The molecular weight excluding hydrogens is 452 g/mol. The van der Waals surface area contributed by atoms with Crippen LogP contribution in [0.25, 0.3) is 27.9 Å². The molecule has 186 valence electrons. The SMILES string of the molecule is Cn1c(-c2ccc(N3CCCC3=O)cc2)c(C2=CC[C@@H](C(=O)N3CCCC3)CC2)c2c(N)ncnc21. The molecule has 1 aliphatic carbocycles. The van der Waals surface area contributed by atoms with E-state index in [4.69, 9.17) is 5.73 Å². The normalized spacial score (nSPS) is 20.4. The Kier molecular flexibility index (Phi) is 5.74. The largest absolute Gasteiger partial charge is 0.383 e. The zero-order chi connectivity index (χ0) is 24.8. The molecule has 2 aromatic heterocycles. The molecule has 2 aliphatic heterocycles. The highest BCUT2D eigenvalue weighted by Gasteiger charge is 2.31. The maximum Gasteiger partial charge on any atom is 0.227 e. The van der Waals surface area contributed by atoms with Gasteiger partial charge in [0.2, 0.25) is 11.8 Å². The van der Waals surface area contributed by atoms with Crippen LogP contribution in [0.5, 0.6) is 0 Å². The smallest absolute Gasteiger partial charge is 0.227 e. The fraction of sp³-hybridized carbons (Fsp3) is 0.429. The third-order valence-corrected chi connectivity index (χ3v) is 8.02. The summed E-state index contributed by atoms with van der Waals surface area (Å²) >= 11 is 0. The second-order valence-corrected chi connectivity index (χ2v) is 10.2. The van der Waals surface area contributed by atoms with Crippen molar-refractivity contribution in [3.05, 3.63) is 42.2 Å². The van der Waals surface area contributed by atoms with Gasteiger partial charge in [0.15, 0.2) is 0 Å². The number of benzene rings is 1. The Hall–Kier alpha value is -3.68. The number of anilines is 2. The summed E-state index contributed by atoms with van der Waals surface area (Å²) in [5, 5.41) is 0.865. The molecule has 3 aliphatic rings. The molecule has 4 heterocycles. The summed E-state index contributed by atoms with van der Waals surface area (Å²) in [6, 6.07) is 8.20. The van der Waals surface area contributed by atoms with Gasteiger partial charge >= 0.3 is 0 Å². The van der Waals surface area contributed by atoms with E-state index in [0.29, 0.717) is 18.1 Å². The number of likely N-dealkylation sites (tertiary alicyclic amines) is 1. The van der Waals surface area contributed by atoms with Gasteiger partial charge < -0.3 is 20.1 Å². The number of nitrogens with two attached hydrogens (primary N) is 1. The number of nitrogen functional groups attached to an aromatic ring is 1. The number of amides is 2. The first-order valence-corrected chi connectivity index (χ1v) is 13.0. The number of fused-ring (bicyclic) bond motifs is 1. The van der Waals surface area contributed by atoms with Crippen LogP contribution >= 0.6 is 0 Å². The van der Waals surface area contributed by atoms with E-state index in [-0.39, 0.29) is 11.8 Å². The van der Waals surface area contributed by atoms with E-state index in [1.807, 2.05) is 29.0 Å². The monoisotopic (exact) mass is 484 g/mol. The molecule has 2 saturated heterocycles. The van der Waals surface area contributed by atoms with Crippen molar-refractivity contribution in [2.75, 3.05) is 30.3 Å². The van der Waals surface area contributed by atoms with Crippen LogP contribution < -0.4 is 10.6 Å². The molecule has 8 nitrogen and oxygen atoms in total. The lowest BCUT2D eigenvalue weighted by Gasteiger charge is -2.26. The van der Waals surface area contributed by atoms with E-state index in [1.54, 1.807) is 0 Å². The van der Waals surface area contributed by atoms with Crippen molar-refractivity contribution in [3.63, 3.8) is 0 Å². The Balaban J connectivity index is 1.39. The minimum absolute atomic E-state index is 0.0520. The molecule has 0 spiro atoms. The number of hydrogen-bond donors (Lipinski definition) is 1. The van der Waals surface area contributed by atoms with Gasteiger partial charge in [-0.15, -0.1) is 0 Å². The standard InChI is InChI=1S/C28H32N6O2/c1-32-25(19-10-12-21(13-11-19)34-16-4-5-22(34)35)23(24-26(29)30-17-31-27(24)32)18-6-8-20(9-7-18)28(36)33-14-2-3-15-33/h6,10-13,17,20H,2-5,7-9,14-16H2,1H3,(H2,29,30,31)/t20-/m1/s1. The van der Waals surface area contributed by atoms with Crippen LogP contribution in [0.3, 0.4) is 0 Å². The van der Waals surface area contributed by atoms with E-state index >= 15 is 0 Å². The molecular formula is C28H32N6O2. The maximum atomic E-state index is 13.0. The van der Waals surface area contributed by atoms with Gasteiger partial charge in [0.05, 0.1) is 11.1 Å². The van der Waals surface area contributed by atoms with E-state index in [9.17, 15) is 9.59 Å². The number of carbonyl (C=O) groups excluding carboxylic acids is 2.